The maximum absolute atomic E-state index is 12.7. The molecule has 4 rings (SSSR count). The molecule has 1 amide bonds. The Labute approximate surface area is 137 Å². The van der Waals surface area contributed by atoms with Crippen molar-refractivity contribution in [2.75, 3.05) is 12.4 Å². The van der Waals surface area contributed by atoms with Gasteiger partial charge in [-0.25, -0.2) is 0 Å². The summed E-state index contributed by atoms with van der Waals surface area (Å²) in [5, 5.41) is 3.50. The highest BCUT2D eigenvalue weighted by molar-refractivity contribution is 6.01. The van der Waals surface area contributed by atoms with E-state index in [0.29, 0.717) is 0 Å². The average Bonchev–Trinajstić information content (AvgIpc) is 2.51. The molecule has 2 aliphatic rings. The molecular formula is C20H22N2O. The van der Waals surface area contributed by atoms with Crippen LogP contribution in [0.4, 0.5) is 5.69 Å². The summed E-state index contributed by atoms with van der Waals surface area (Å²) in [5.74, 6) is 0.821. The SMILES string of the molecule is Cc1ccc2c(c1)C(=O)N(C)C(c1ccc(C3CCC3)cc1)N2. The molecule has 0 bridgehead atoms. The third kappa shape index (κ3) is 2.40. The zero-order valence-electron chi connectivity index (χ0n) is 13.7. The molecule has 0 radical (unpaired) electrons. The van der Waals surface area contributed by atoms with E-state index in [1.54, 1.807) is 4.90 Å². The van der Waals surface area contributed by atoms with Crippen LogP contribution in [0.1, 0.15) is 58.4 Å². The first-order valence-corrected chi connectivity index (χ1v) is 8.38. The molecule has 1 aliphatic carbocycles. The van der Waals surface area contributed by atoms with Crippen LogP contribution in [-0.2, 0) is 0 Å². The maximum Gasteiger partial charge on any atom is 0.257 e. The molecule has 23 heavy (non-hydrogen) atoms. The highest BCUT2D eigenvalue weighted by Crippen LogP contribution is 2.37. The maximum atomic E-state index is 12.7. The van der Waals surface area contributed by atoms with E-state index < -0.39 is 0 Å². The van der Waals surface area contributed by atoms with Crippen molar-refractivity contribution in [2.24, 2.45) is 0 Å². The van der Waals surface area contributed by atoms with Gasteiger partial charge in [-0.2, -0.15) is 0 Å². The fraction of sp³-hybridized carbons (Fsp3) is 0.350. The monoisotopic (exact) mass is 306 g/mol. The standard InChI is InChI=1S/C20H22N2O/c1-13-6-11-18-17(12-13)20(23)22(2)19(21-18)16-9-7-15(8-10-16)14-4-3-5-14/h6-12,14,19,21H,3-5H2,1-2H3. The van der Waals surface area contributed by atoms with Crippen molar-refractivity contribution in [1.29, 1.82) is 0 Å². The third-order valence-electron chi connectivity index (χ3n) is 5.23. The quantitative estimate of drug-likeness (QED) is 0.888. The minimum Gasteiger partial charge on any atom is -0.361 e. The minimum absolute atomic E-state index is 0.0792. The molecule has 118 valence electrons. The van der Waals surface area contributed by atoms with Gasteiger partial charge >= 0.3 is 0 Å². The van der Waals surface area contributed by atoms with Crippen LogP contribution in [0, 0.1) is 6.92 Å². The van der Waals surface area contributed by atoms with Gasteiger partial charge in [0.2, 0.25) is 0 Å². The minimum atomic E-state index is -0.104. The largest absolute Gasteiger partial charge is 0.361 e. The van der Waals surface area contributed by atoms with Gasteiger partial charge in [0.25, 0.3) is 5.91 Å². The summed E-state index contributed by atoms with van der Waals surface area (Å²) >= 11 is 0. The summed E-state index contributed by atoms with van der Waals surface area (Å²) in [7, 11) is 1.87. The fourth-order valence-electron chi connectivity index (χ4n) is 3.51. The van der Waals surface area contributed by atoms with Crippen molar-refractivity contribution in [3.63, 3.8) is 0 Å². The molecule has 2 aromatic carbocycles. The molecule has 1 heterocycles. The van der Waals surface area contributed by atoms with E-state index in [-0.39, 0.29) is 12.1 Å². The molecule has 1 aliphatic heterocycles. The number of anilines is 1. The van der Waals surface area contributed by atoms with Gasteiger partial charge in [0.15, 0.2) is 0 Å². The van der Waals surface area contributed by atoms with Gasteiger partial charge in [0, 0.05) is 12.7 Å². The molecular weight excluding hydrogens is 284 g/mol. The van der Waals surface area contributed by atoms with Gasteiger partial charge < -0.3 is 10.2 Å². The van der Waals surface area contributed by atoms with Crippen molar-refractivity contribution in [3.05, 3.63) is 64.7 Å². The van der Waals surface area contributed by atoms with E-state index in [1.807, 2.05) is 32.2 Å². The van der Waals surface area contributed by atoms with E-state index >= 15 is 0 Å². The zero-order chi connectivity index (χ0) is 16.0. The van der Waals surface area contributed by atoms with Crippen molar-refractivity contribution in [3.8, 4) is 0 Å². The molecule has 1 saturated carbocycles. The first-order valence-electron chi connectivity index (χ1n) is 8.38. The van der Waals surface area contributed by atoms with Gasteiger partial charge in [-0.1, -0.05) is 42.3 Å². The first kappa shape index (κ1) is 14.3. The van der Waals surface area contributed by atoms with Crippen LogP contribution in [0.3, 0.4) is 0 Å². The lowest BCUT2D eigenvalue weighted by molar-refractivity contribution is 0.0735. The number of amides is 1. The van der Waals surface area contributed by atoms with Crippen LogP contribution in [0.5, 0.6) is 0 Å². The number of carbonyl (C=O) groups is 1. The summed E-state index contributed by atoms with van der Waals surface area (Å²) < 4.78 is 0. The molecule has 0 aromatic heterocycles. The molecule has 1 unspecified atom stereocenters. The molecule has 1 atom stereocenters. The van der Waals surface area contributed by atoms with Gasteiger partial charge in [-0.15, -0.1) is 0 Å². The van der Waals surface area contributed by atoms with Crippen molar-refractivity contribution >= 4 is 11.6 Å². The number of hydrogen-bond donors (Lipinski definition) is 1. The van der Waals surface area contributed by atoms with Gasteiger partial charge in [0.05, 0.1) is 5.56 Å². The first-order chi connectivity index (χ1) is 11.1. The Morgan fingerprint density at radius 2 is 1.74 bits per heavy atom. The van der Waals surface area contributed by atoms with Crippen LogP contribution >= 0.6 is 0 Å². The van der Waals surface area contributed by atoms with Crippen molar-refractivity contribution in [1.82, 2.24) is 4.90 Å². The lowest BCUT2D eigenvalue weighted by Gasteiger charge is -2.36. The van der Waals surface area contributed by atoms with Gasteiger partial charge in [-0.3, -0.25) is 4.79 Å². The Morgan fingerprint density at radius 1 is 1.04 bits per heavy atom. The summed E-state index contributed by atoms with van der Waals surface area (Å²) in [5.41, 5.74) is 5.35. The lowest BCUT2D eigenvalue weighted by Crippen LogP contribution is -2.40. The topological polar surface area (TPSA) is 32.3 Å². The predicted molar refractivity (Wildman–Crippen MR) is 92.7 cm³/mol. The van der Waals surface area contributed by atoms with Crippen LogP contribution in [-0.4, -0.2) is 17.9 Å². The lowest BCUT2D eigenvalue weighted by atomic mass is 9.80. The third-order valence-corrected chi connectivity index (χ3v) is 5.23. The Kier molecular flexibility index (Phi) is 3.37. The van der Waals surface area contributed by atoms with Gasteiger partial charge in [-0.05, 0) is 48.9 Å². The highest BCUT2D eigenvalue weighted by Gasteiger charge is 2.30. The van der Waals surface area contributed by atoms with Crippen LogP contribution < -0.4 is 5.32 Å². The summed E-state index contributed by atoms with van der Waals surface area (Å²) in [6.07, 6.45) is 3.87. The number of carbonyl (C=O) groups excluding carboxylic acids is 1. The van der Waals surface area contributed by atoms with Crippen molar-refractivity contribution in [2.45, 2.75) is 38.3 Å². The van der Waals surface area contributed by atoms with E-state index in [1.165, 1.54) is 24.8 Å². The van der Waals surface area contributed by atoms with Crippen LogP contribution in [0.25, 0.3) is 0 Å². The summed E-state index contributed by atoms with van der Waals surface area (Å²) in [6, 6.07) is 14.8. The Balaban J connectivity index is 1.64. The zero-order valence-corrected chi connectivity index (χ0v) is 13.7. The number of benzene rings is 2. The molecule has 2 aromatic rings. The van der Waals surface area contributed by atoms with Gasteiger partial charge in [0.1, 0.15) is 6.17 Å². The predicted octanol–water partition coefficient (Wildman–Crippen LogP) is 4.46. The number of nitrogens with one attached hydrogen (secondary N) is 1. The van der Waals surface area contributed by atoms with Crippen LogP contribution in [0.2, 0.25) is 0 Å². The molecule has 3 nitrogen and oxygen atoms in total. The number of aryl methyl sites for hydroxylation is 1. The summed E-state index contributed by atoms with van der Waals surface area (Å²) in [4.78, 5) is 14.5. The molecule has 1 N–H and O–H groups in total. The van der Waals surface area contributed by atoms with E-state index in [4.69, 9.17) is 0 Å². The second kappa shape index (κ2) is 5.41. The number of rotatable bonds is 2. The Bertz CT molecular complexity index is 747. The fourth-order valence-corrected chi connectivity index (χ4v) is 3.51. The Hall–Kier alpha value is -2.29. The molecule has 0 saturated heterocycles. The van der Waals surface area contributed by atoms with E-state index in [9.17, 15) is 4.79 Å². The normalized spacial score (nSPS) is 20.7. The number of fused-ring (bicyclic) bond motifs is 1. The van der Waals surface area contributed by atoms with Crippen molar-refractivity contribution < 1.29 is 4.79 Å². The number of nitrogens with zero attached hydrogens (tertiary/aromatic N) is 1. The summed E-state index contributed by atoms with van der Waals surface area (Å²) in [6.45, 7) is 2.01. The second-order valence-corrected chi connectivity index (χ2v) is 6.81. The molecule has 3 heteroatoms. The average molecular weight is 306 g/mol. The second-order valence-electron chi connectivity index (χ2n) is 6.81. The number of hydrogen-bond acceptors (Lipinski definition) is 2. The Morgan fingerprint density at radius 3 is 2.39 bits per heavy atom. The van der Waals surface area contributed by atoms with Crippen LogP contribution in [0.15, 0.2) is 42.5 Å². The molecule has 0 spiro atoms. The molecule has 1 fully saturated rings. The highest BCUT2D eigenvalue weighted by atomic mass is 16.2. The van der Waals surface area contributed by atoms with E-state index in [2.05, 4.69) is 29.6 Å². The smallest absolute Gasteiger partial charge is 0.257 e. The van der Waals surface area contributed by atoms with E-state index in [0.717, 1.165) is 28.3 Å².